The molecule has 0 saturated carbocycles. The highest BCUT2D eigenvalue weighted by molar-refractivity contribution is 5.55. The Morgan fingerprint density at radius 2 is 1.83 bits per heavy atom. The third-order valence-electron chi connectivity index (χ3n) is 3.82. The number of hydrogen-bond acceptors (Lipinski definition) is 2. The van der Waals surface area contributed by atoms with Crippen molar-refractivity contribution < 1.29 is 13.2 Å². The van der Waals surface area contributed by atoms with Crippen LogP contribution in [0.15, 0.2) is 48.8 Å². The zero-order valence-electron chi connectivity index (χ0n) is 13.3. The van der Waals surface area contributed by atoms with E-state index in [-0.39, 0.29) is 5.82 Å². The van der Waals surface area contributed by atoms with Crippen molar-refractivity contribution in [3.63, 3.8) is 0 Å². The number of rotatable bonds is 3. The van der Waals surface area contributed by atoms with Crippen molar-refractivity contribution in [2.75, 3.05) is 0 Å². The van der Waals surface area contributed by atoms with Gasteiger partial charge in [-0.1, -0.05) is 35.9 Å². The van der Waals surface area contributed by atoms with E-state index in [0.29, 0.717) is 12.1 Å². The van der Waals surface area contributed by atoms with E-state index in [1.807, 2.05) is 26.0 Å². The second-order valence-electron chi connectivity index (χ2n) is 5.77. The van der Waals surface area contributed by atoms with Crippen molar-refractivity contribution in [1.29, 1.82) is 0 Å². The molecule has 0 amide bonds. The lowest BCUT2D eigenvalue weighted by molar-refractivity contribution is -0.137. The summed E-state index contributed by atoms with van der Waals surface area (Å²) >= 11 is 0. The summed E-state index contributed by atoms with van der Waals surface area (Å²) in [6.45, 7) is 4.57. The van der Waals surface area contributed by atoms with Gasteiger partial charge in [-0.05, 0) is 37.1 Å². The molecule has 0 aliphatic carbocycles. The molecule has 1 heterocycles. The predicted molar refractivity (Wildman–Crippen MR) is 85.5 cm³/mol. The lowest BCUT2D eigenvalue weighted by atomic mass is 10.1. The second kappa shape index (κ2) is 6.11. The Morgan fingerprint density at radius 3 is 2.54 bits per heavy atom. The standard InChI is InChI=1S/C18H16F3N3/c1-12-6-7-15(13(2)8-12)10-24-11-22-17(23-24)14-4-3-5-16(9-14)18(19,20)21/h3-9,11H,10H2,1-2H3. The van der Waals surface area contributed by atoms with Crippen molar-refractivity contribution in [3.05, 3.63) is 71.0 Å². The molecule has 124 valence electrons. The predicted octanol–water partition coefficient (Wildman–Crippen LogP) is 4.63. The molecule has 0 aliphatic heterocycles. The van der Waals surface area contributed by atoms with Gasteiger partial charge in [0.15, 0.2) is 5.82 Å². The smallest absolute Gasteiger partial charge is 0.248 e. The van der Waals surface area contributed by atoms with Crippen LogP contribution in [0.2, 0.25) is 0 Å². The van der Waals surface area contributed by atoms with Crippen molar-refractivity contribution in [3.8, 4) is 11.4 Å². The van der Waals surface area contributed by atoms with E-state index >= 15 is 0 Å². The molecule has 0 aliphatic rings. The summed E-state index contributed by atoms with van der Waals surface area (Å²) in [7, 11) is 0. The third-order valence-corrected chi connectivity index (χ3v) is 3.82. The lowest BCUT2D eigenvalue weighted by Crippen LogP contribution is -2.05. The zero-order valence-corrected chi connectivity index (χ0v) is 13.3. The van der Waals surface area contributed by atoms with E-state index in [1.54, 1.807) is 10.7 Å². The fourth-order valence-electron chi connectivity index (χ4n) is 2.54. The average molecular weight is 331 g/mol. The van der Waals surface area contributed by atoms with E-state index in [9.17, 15) is 13.2 Å². The first-order valence-electron chi connectivity index (χ1n) is 7.46. The van der Waals surface area contributed by atoms with Crippen molar-refractivity contribution in [1.82, 2.24) is 14.8 Å². The number of alkyl halides is 3. The number of benzene rings is 2. The van der Waals surface area contributed by atoms with E-state index < -0.39 is 11.7 Å². The maximum absolute atomic E-state index is 12.8. The van der Waals surface area contributed by atoms with Gasteiger partial charge in [0.1, 0.15) is 6.33 Å². The normalized spacial score (nSPS) is 11.7. The van der Waals surface area contributed by atoms with Gasteiger partial charge >= 0.3 is 6.18 Å². The molecule has 0 bridgehead atoms. The highest BCUT2D eigenvalue weighted by Crippen LogP contribution is 2.31. The summed E-state index contributed by atoms with van der Waals surface area (Å²) in [5.74, 6) is 0.283. The summed E-state index contributed by atoms with van der Waals surface area (Å²) in [4.78, 5) is 4.14. The fraction of sp³-hybridized carbons (Fsp3) is 0.222. The summed E-state index contributed by atoms with van der Waals surface area (Å²) in [6, 6.07) is 11.2. The Balaban J connectivity index is 1.86. The summed E-state index contributed by atoms with van der Waals surface area (Å²) in [5.41, 5.74) is 3.07. The number of halogens is 3. The largest absolute Gasteiger partial charge is 0.416 e. The number of hydrogen-bond donors (Lipinski definition) is 0. The summed E-state index contributed by atoms with van der Waals surface area (Å²) in [5, 5.41) is 4.30. The van der Waals surface area contributed by atoms with E-state index in [0.717, 1.165) is 23.3 Å². The van der Waals surface area contributed by atoms with Crippen LogP contribution in [-0.2, 0) is 12.7 Å². The average Bonchev–Trinajstić information content (AvgIpc) is 2.98. The van der Waals surface area contributed by atoms with Crippen LogP contribution in [0.3, 0.4) is 0 Å². The topological polar surface area (TPSA) is 30.7 Å². The molecule has 2 aromatic carbocycles. The van der Waals surface area contributed by atoms with Gasteiger partial charge in [0.2, 0.25) is 0 Å². The maximum Gasteiger partial charge on any atom is 0.416 e. The van der Waals surface area contributed by atoms with Crippen LogP contribution < -0.4 is 0 Å². The maximum atomic E-state index is 12.8. The molecular weight excluding hydrogens is 315 g/mol. The molecule has 3 aromatic rings. The van der Waals surface area contributed by atoms with Crippen molar-refractivity contribution in [2.24, 2.45) is 0 Å². The van der Waals surface area contributed by atoms with Crippen LogP contribution in [0, 0.1) is 13.8 Å². The quantitative estimate of drug-likeness (QED) is 0.700. The van der Waals surface area contributed by atoms with Crippen LogP contribution in [-0.4, -0.2) is 14.8 Å². The molecule has 0 fully saturated rings. The van der Waals surface area contributed by atoms with Gasteiger partial charge in [-0.15, -0.1) is 0 Å². The van der Waals surface area contributed by atoms with Gasteiger partial charge < -0.3 is 0 Å². The van der Waals surface area contributed by atoms with Crippen LogP contribution in [0.25, 0.3) is 11.4 Å². The van der Waals surface area contributed by atoms with Gasteiger partial charge in [-0.3, -0.25) is 0 Å². The Bertz CT molecular complexity index is 866. The van der Waals surface area contributed by atoms with Gasteiger partial charge in [0, 0.05) is 5.56 Å². The van der Waals surface area contributed by atoms with Crippen LogP contribution in [0.1, 0.15) is 22.3 Å². The molecule has 0 atom stereocenters. The SMILES string of the molecule is Cc1ccc(Cn2cnc(-c3cccc(C(F)(F)F)c3)n2)c(C)c1. The molecule has 3 rings (SSSR count). The van der Waals surface area contributed by atoms with E-state index in [4.69, 9.17) is 0 Å². The second-order valence-corrected chi connectivity index (χ2v) is 5.77. The fourth-order valence-corrected chi connectivity index (χ4v) is 2.54. The van der Waals surface area contributed by atoms with Gasteiger partial charge in [0.25, 0.3) is 0 Å². The minimum atomic E-state index is -4.38. The Kier molecular flexibility index (Phi) is 4.13. The minimum absolute atomic E-state index is 0.283. The molecule has 24 heavy (non-hydrogen) atoms. The van der Waals surface area contributed by atoms with Crippen LogP contribution in [0.5, 0.6) is 0 Å². The molecule has 0 radical (unpaired) electrons. The first kappa shape index (κ1) is 16.2. The molecule has 0 unspecified atom stereocenters. The minimum Gasteiger partial charge on any atom is -0.248 e. The summed E-state index contributed by atoms with van der Waals surface area (Å²) in [6.07, 6.45) is -2.84. The highest BCUT2D eigenvalue weighted by atomic mass is 19.4. The molecule has 0 spiro atoms. The van der Waals surface area contributed by atoms with Gasteiger partial charge in [0.05, 0.1) is 12.1 Å². The van der Waals surface area contributed by atoms with Gasteiger partial charge in [-0.2, -0.15) is 18.3 Å². The van der Waals surface area contributed by atoms with Crippen molar-refractivity contribution in [2.45, 2.75) is 26.6 Å². The molecule has 6 heteroatoms. The number of aromatic nitrogens is 3. The summed E-state index contributed by atoms with van der Waals surface area (Å²) < 4.78 is 40.1. The zero-order chi connectivity index (χ0) is 17.3. The number of nitrogens with zero attached hydrogens (tertiary/aromatic N) is 3. The molecule has 3 nitrogen and oxygen atoms in total. The highest BCUT2D eigenvalue weighted by Gasteiger charge is 2.30. The Hall–Kier alpha value is -2.63. The van der Waals surface area contributed by atoms with Crippen molar-refractivity contribution >= 4 is 0 Å². The molecule has 0 N–H and O–H groups in total. The Morgan fingerprint density at radius 1 is 1.04 bits per heavy atom. The van der Waals surface area contributed by atoms with Gasteiger partial charge in [-0.25, -0.2) is 9.67 Å². The van der Waals surface area contributed by atoms with E-state index in [1.165, 1.54) is 18.0 Å². The molecular formula is C18H16F3N3. The van der Waals surface area contributed by atoms with E-state index in [2.05, 4.69) is 16.1 Å². The molecule has 1 aromatic heterocycles. The lowest BCUT2D eigenvalue weighted by Gasteiger charge is -2.07. The first-order valence-corrected chi connectivity index (χ1v) is 7.46. The van der Waals surface area contributed by atoms with Crippen LogP contribution in [0.4, 0.5) is 13.2 Å². The monoisotopic (exact) mass is 331 g/mol. The molecule has 0 saturated heterocycles. The van der Waals surface area contributed by atoms with Crippen LogP contribution >= 0.6 is 0 Å². The number of aryl methyl sites for hydroxylation is 2. The Labute approximate surface area is 137 Å². The first-order chi connectivity index (χ1) is 11.3. The third kappa shape index (κ3) is 3.48.